The van der Waals surface area contributed by atoms with Gasteiger partial charge in [0.05, 0.1) is 0 Å². The second kappa shape index (κ2) is 5.76. The molecular formula is C18H20OS. The van der Waals surface area contributed by atoms with E-state index in [0.29, 0.717) is 0 Å². The molecule has 0 N–H and O–H groups in total. The number of carbonyl (C=O) groups excluding carboxylic acids is 1. The van der Waals surface area contributed by atoms with E-state index < -0.39 is 0 Å². The van der Waals surface area contributed by atoms with Gasteiger partial charge in [-0.05, 0) is 86.0 Å². The van der Waals surface area contributed by atoms with Crippen LogP contribution in [0.3, 0.4) is 0 Å². The van der Waals surface area contributed by atoms with Crippen molar-refractivity contribution >= 4 is 23.2 Å². The molecule has 0 saturated heterocycles. The van der Waals surface area contributed by atoms with Crippen molar-refractivity contribution in [2.75, 3.05) is 0 Å². The smallest absolute Gasteiger partial charge is 0.186 e. The molecule has 0 aliphatic carbocycles. The standard InChI is InChI=1S/C18H20OS/c1-11-12(2)14(4)18(15(5)13(11)3)17(19)9-8-16-7-6-10-20-16/h6-10H,1-5H3/b9-8-. The Morgan fingerprint density at radius 1 is 0.950 bits per heavy atom. The van der Waals surface area contributed by atoms with Gasteiger partial charge in [-0.15, -0.1) is 11.3 Å². The van der Waals surface area contributed by atoms with Crippen LogP contribution in [0.15, 0.2) is 23.6 Å². The summed E-state index contributed by atoms with van der Waals surface area (Å²) in [7, 11) is 0. The fraction of sp³-hybridized carbons (Fsp3) is 0.278. The molecule has 20 heavy (non-hydrogen) atoms. The van der Waals surface area contributed by atoms with Gasteiger partial charge in [0, 0.05) is 10.4 Å². The summed E-state index contributed by atoms with van der Waals surface area (Å²) in [5.74, 6) is 0.0969. The Labute approximate surface area is 125 Å². The Hall–Kier alpha value is -1.67. The van der Waals surface area contributed by atoms with Crippen LogP contribution in [0.5, 0.6) is 0 Å². The number of rotatable bonds is 3. The van der Waals surface area contributed by atoms with Crippen LogP contribution in [0.1, 0.15) is 43.1 Å². The van der Waals surface area contributed by atoms with Crippen LogP contribution in [-0.2, 0) is 0 Å². The Kier molecular flexibility index (Phi) is 4.24. The van der Waals surface area contributed by atoms with Gasteiger partial charge in [0.25, 0.3) is 0 Å². The molecule has 0 saturated carbocycles. The van der Waals surface area contributed by atoms with Crippen molar-refractivity contribution in [3.05, 3.63) is 61.8 Å². The molecule has 0 fully saturated rings. The molecule has 2 heteroatoms. The largest absolute Gasteiger partial charge is 0.289 e. The van der Waals surface area contributed by atoms with Crippen LogP contribution in [0, 0.1) is 34.6 Å². The zero-order chi connectivity index (χ0) is 14.9. The van der Waals surface area contributed by atoms with Crippen LogP contribution >= 0.6 is 11.3 Å². The molecule has 1 nitrogen and oxygen atoms in total. The lowest BCUT2D eigenvalue weighted by molar-refractivity contribution is 0.104. The van der Waals surface area contributed by atoms with E-state index in [-0.39, 0.29) is 5.78 Å². The fourth-order valence-electron chi connectivity index (χ4n) is 2.50. The van der Waals surface area contributed by atoms with E-state index in [9.17, 15) is 4.79 Å². The van der Waals surface area contributed by atoms with Gasteiger partial charge in [-0.2, -0.15) is 0 Å². The molecule has 0 radical (unpaired) electrons. The maximum atomic E-state index is 12.5. The van der Waals surface area contributed by atoms with Crippen molar-refractivity contribution in [2.24, 2.45) is 0 Å². The predicted octanol–water partition coefficient (Wildman–Crippen LogP) is 5.19. The second-order valence-electron chi connectivity index (χ2n) is 5.21. The Morgan fingerprint density at radius 2 is 1.50 bits per heavy atom. The molecule has 0 bridgehead atoms. The van der Waals surface area contributed by atoms with E-state index in [0.717, 1.165) is 21.6 Å². The minimum Gasteiger partial charge on any atom is -0.289 e. The zero-order valence-electron chi connectivity index (χ0n) is 12.7. The first-order chi connectivity index (χ1) is 9.43. The summed E-state index contributed by atoms with van der Waals surface area (Å²) in [5, 5.41) is 2.01. The van der Waals surface area contributed by atoms with Crippen molar-refractivity contribution in [1.29, 1.82) is 0 Å². The number of hydrogen-bond donors (Lipinski definition) is 0. The molecular weight excluding hydrogens is 264 g/mol. The summed E-state index contributed by atoms with van der Waals surface area (Å²) in [4.78, 5) is 13.6. The highest BCUT2D eigenvalue weighted by Crippen LogP contribution is 2.26. The zero-order valence-corrected chi connectivity index (χ0v) is 13.5. The summed E-state index contributed by atoms with van der Waals surface area (Å²) >= 11 is 1.64. The van der Waals surface area contributed by atoms with E-state index in [1.807, 2.05) is 37.4 Å². The molecule has 0 aliphatic rings. The maximum absolute atomic E-state index is 12.5. The molecule has 1 aromatic heterocycles. The summed E-state index contributed by atoms with van der Waals surface area (Å²) < 4.78 is 0. The molecule has 0 amide bonds. The van der Waals surface area contributed by atoms with Gasteiger partial charge in [0.2, 0.25) is 0 Å². The third-order valence-corrected chi connectivity index (χ3v) is 5.03. The molecule has 0 unspecified atom stereocenters. The van der Waals surface area contributed by atoms with Gasteiger partial charge in [0.15, 0.2) is 5.78 Å². The molecule has 1 aromatic carbocycles. The monoisotopic (exact) mass is 284 g/mol. The van der Waals surface area contributed by atoms with Gasteiger partial charge in [-0.1, -0.05) is 6.07 Å². The first-order valence-corrected chi connectivity index (χ1v) is 7.64. The SMILES string of the molecule is Cc1c(C)c(C)c(C(=O)/C=C\c2cccs2)c(C)c1C. The highest BCUT2D eigenvalue weighted by atomic mass is 32.1. The predicted molar refractivity (Wildman–Crippen MR) is 87.8 cm³/mol. The van der Waals surface area contributed by atoms with Crippen LogP contribution in [0.4, 0.5) is 0 Å². The number of allylic oxidation sites excluding steroid dienone is 1. The highest BCUT2D eigenvalue weighted by molar-refractivity contribution is 7.10. The third-order valence-electron chi connectivity index (χ3n) is 4.19. The second-order valence-corrected chi connectivity index (χ2v) is 6.19. The Morgan fingerprint density at radius 3 is 2.00 bits per heavy atom. The molecule has 0 atom stereocenters. The van der Waals surface area contributed by atoms with Crippen molar-refractivity contribution < 1.29 is 4.79 Å². The normalized spacial score (nSPS) is 11.2. The highest BCUT2D eigenvalue weighted by Gasteiger charge is 2.16. The van der Waals surface area contributed by atoms with Gasteiger partial charge in [-0.3, -0.25) is 4.79 Å². The first kappa shape index (κ1) is 14.7. The van der Waals surface area contributed by atoms with Crippen LogP contribution < -0.4 is 0 Å². The number of ketones is 1. The van der Waals surface area contributed by atoms with Gasteiger partial charge in [-0.25, -0.2) is 0 Å². The Balaban J connectivity index is 2.45. The van der Waals surface area contributed by atoms with Crippen molar-refractivity contribution in [1.82, 2.24) is 0 Å². The molecule has 2 aromatic rings. The van der Waals surface area contributed by atoms with Crippen molar-refractivity contribution in [3.8, 4) is 0 Å². The number of carbonyl (C=O) groups is 1. The first-order valence-electron chi connectivity index (χ1n) is 6.76. The lowest BCUT2D eigenvalue weighted by Crippen LogP contribution is -2.07. The number of thiophene rings is 1. The average Bonchev–Trinajstić information content (AvgIpc) is 2.94. The van der Waals surface area contributed by atoms with E-state index in [4.69, 9.17) is 0 Å². The number of benzene rings is 1. The van der Waals surface area contributed by atoms with Gasteiger partial charge < -0.3 is 0 Å². The van der Waals surface area contributed by atoms with Crippen molar-refractivity contribution in [2.45, 2.75) is 34.6 Å². The lowest BCUT2D eigenvalue weighted by atomic mass is 9.87. The van der Waals surface area contributed by atoms with E-state index in [1.165, 1.54) is 16.7 Å². The summed E-state index contributed by atoms with van der Waals surface area (Å²) in [6.45, 7) is 10.4. The summed E-state index contributed by atoms with van der Waals surface area (Å²) in [5.41, 5.74) is 6.80. The van der Waals surface area contributed by atoms with E-state index in [1.54, 1.807) is 17.4 Å². The molecule has 1 heterocycles. The average molecular weight is 284 g/mol. The van der Waals surface area contributed by atoms with Gasteiger partial charge in [0.1, 0.15) is 0 Å². The lowest BCUT2D eigenvalue weighted by Gasteiger charge is -2.16. The molecule has 2 rings (SSSR count). The quantitative estimate of drug-likeness (QED) is 0.560. The molecule has 0 spiro atoms. The fourth-order valence-corrected chi connectivity index (χ4v) is 3.11. The van der Waals surface area contributed by atoms with Crippen LogP contribution in [-0.4, -0.2) is 5.78 Å². The van der Waals surface area contributed by atoms with Crippen LogP contribution in [0.2, 0.25) is 0 Å². The van der Waals surface area contributed by atoms with E-state index >= 15 is 0 Å². The minimum absolute atomic E-state index is 0.0969. The molecule has 104 valence electrons. The Bertz CT molecular complexity index is 647. The van der Waals surface area contributed by atoms with E-state index in [2.05, 4.69) is 20.8 Å². The number of hydrogen-bond acceptors (Lipinski definition) is 2. The van der Waals surface area contributed by atoms with Gasteiger partial charge >= 0.3 is 0 Å². The van der Waals surface area contributed by atoms with Crippen molar-refractivity contribution in [3.63, 3.8) is 0 Å². The topological polar surface area (TPSA) is 17.1 Å². The summed E-state index contributed by atoms with van der Waals surface area (Å²) in [6, 6.07) is 4.01. The van der Waals surface area contributed by atoms with Crippen LogP contribution in [0.25, 0.3) is 6.08 Å². The molecule has 0 aliphatic heterocycles. The minimum atomic E-state index is 0.0969. The summed E-state index contributed by atoms with van der Waals surface area (Å²) in [6.07, 6.45) is 3.59. The third kappa shape index (κ3) is 2.61. The maximum Gasteiger partial charge on any atom is 0.186 e.